The summed E-state index contributed by atoms with van der Waals surface area (Å²) < 4.78 is 25.3. The molecule has 0 unspecified atom stereocenters. The molecule has 1 N–H and O–H groups in total. The van der Waals surface area contributed by atoms with Gasteiger partial charge in [0.2, 0.25) is 15.9 Å². The molecule has 27 heavy (non-hydrogen) atoms. The van der Waals surface area contributed by atoms with Crippen molar-refractivity contribution in [1.29, 1.82) is 0 Å². The van der Waals surface area contributed by atoms with Crippen molar-refractivity contribution in [3.8, 4) is 0 Å². The van der Waals surface area contributed by atoms with Crippen LogP contribution in [0.4, 0.5) is 5.69 Å². The molecular formula is C21H28N2O3S. The predicted octanol–water partition coefficient (Wildman–Crippen LogP) is 3.85. The lowest BCUT2D eigenvalue weighted by molar-refractivity contribution is -0.116. The van der Waals surface area contributed by atoms with Crippen molar-refractivity contribution >= 4 is 21.6 Å². The summed E-state index contributed by atoms with van der Waals surface area (Å²) >= 11 is 0. The molecular weight excluding hydrogens is 360 g/mol. The Labute approximate surface area is 162 Å². The minimum absolute atomic E-state index is 0.0544. The average molecular weight is 389 g/mol. The summed E-state index contributed by atoms with van der Waals surface area (Å²) in [6, 6.07) is 14.6. The summed E-state index contributed by atoms with van der Waals surface area (Å²) in [6.07, 6.45) is 4.30. The van der Waals surface area contributed by atoms with Gasteiger partial charge in [0.05, 0.1) is 4.90 Å². The number of nitrogens with zero attached hydrogens (tertiary/aromatic N) is 1. The second-order valence-electron chi connectivity index (χ2n) is 6.78. The van der Waals surface area contributed by atoms with E-state index in [0.717, 1.165) is 17.7 Å². The van der Waals surface area contributed by atoms with Crippen molar-refractivity contribution in [3.05, 3.63) is 59.7 Å². The molecule has 2 rings (SSSR count). The molecule has 2 aromatic rings. The van der Waals surface area contributed by atoms with Crippen LogP contribution in [0.1, 0.15) is 37.3 Å². The molecule has 0 spiro atoms. The maximum Gasteiger partial charge on any atom is 0.242 e. The smallest absolute Gasteiger partial charge is 0.242 e. The molecule has 146 valence electrons. The summed E-state index contributed by atoms with van der Waals surface area (Å²) in [5, 5.41) is 2.90. The maximum atomic E-state index is 12.1. The fraction of sp³-hybridized carbons (Fsp3) is 0.381. The second kappa shape index (κ2) is 9.67. The highest BCUT2D eigenvalue weighted by Crippen LogP contribution is 2.16. The van der Waals surface area contributed by atoms with Gasteiger partial charge in [0, 0.05) is 26.2 Å². The summed E-state index contributed by atoms with van der Waals surface area (Å²) in [7, 11) is -0.413. The van der Waals surface area contributed by atoms with E-state index in [9.17, 15) is 13.2 Å². The zero-order valence-electron chi connectivity index (χ0n) is 16.2. The first kappa shape index (κ1) is 21.1. The third kappa shape index (κ3) is 6.19. The fourth-order valence-electron chi connectivity index (χ4n) is 2.66. The van der Waals surface area contributed by atoms with Crippen molar-refractivity contribution in [1.82, 2.24) is 4.31 Å². The zero-order valence-corrected chi connectivity index (χ0v) is 17.1. The number of hydrogen-bond acceptors (Lipinski definition) is 3. The summed E-state index contributed by atoms with van der Waals surface area (Å²) in [5.74, 6) is -0.0544. The first-order valence-electron chi connectivity index (χ1n) is 9.23. The summed E-state index contributed by atoms with van der Waals surface area (Å²) in [5.41, 5.74) is 3.01. The van der Waals surface area contributed by atoms with Crippen LogP contribution in [0, 0.1) is 0 Å². The number of benzene rings is 2. The van der Waals surface area contributed by atoms with Gasteiger partial charge in [-0.05, 0) is 54.7 Å². The van der Waals surface area contributed by atoms with Gasteiger partial charge in [-0.2, -0.15) is 0 Å². The van der Waals surface area contributed by atoms with Crippen molar-refractivity contribution in [3.63, 3.8) is 0 Å². The Kier molecular flexibility index (Phi) is 7.56. The lowest BCUT2D eigenvalue weighted by Crippen LogP contribution is -2.22. The predicted molar refractivity (Wildman–Crippen MR) is 109 cm³/mol. The molecule has 0 saturated carbocycles. The van der Waals surface area contributed by atoms with Crippen LogP contribution in [0.25, 0.3) is 0 Å². The van der Waals surface area contributed by atoms with E-state index in [-0.39, 0.29) is 10.8 Å². The van der Waals surface area contributed by atoms with Gasteiger partial charge in [0.1, 0.15) is 0 Å². The number of carbonyl (C=O) groups excluding carboxylic acids is 1. The van der Waals surface area contributed by atoms with E-state index in [0.29, 0.717) is 12.8 Å². The summed E-state index contributed by atoms with van der Waals surface area (Å²) in [6.45, 7) is 2.17. The minimum Gasteiger partial charge on any atom is -0.326 e. The van der Waals surface area contributed by atoms with Gasteiger partial charge in [0.15, 0.2) is 0 Å². The molecule has 2 aromatic carbocycles. The van der Waals surface area contributed by atoms with E-state index >= 15 is 0 Å². The number of nitrogens with one attached hydrogen (secondary N) is 1. The Hall–Kier alpha value is -2.18. The van der Waals surface area contributed by atoms with Crippen LogP contribution in [-0.4, -0.2) is 32.7 Å². The van der Waals surface area contributed by atoms with Crippen LogP contribution < -0.4 is 5.32 Å². The van der Waals surface area contributed by atoms with Crippen LogP contribution in [0.2, 0.25) is 0 Å². The number of anilines is 1. The van der Waals surface area contributed by atoms with E-state index in [1.165, 1.54) is 36.8 Å². The number of sulfonamides is 1. The highest BCUT2D eigenvalue weighted by Gasteiger charge is 2.16. The maximum absolute atomic E-state index is 12.1. The molecule has 0 heterocycles. The SMILES string of the molecule is CCCCc1ccc(NC(=O)CCc2ccc(S(=O)(=O)N(C)C)cc2)cc1. The fourth-order valence-corrected chi connectivity index (χ4v) is 3.56. The third-order valence-electron chi connectivity index (χ3n) is 4.40. The first-order chi connectivity index (χ1) is 12.8. The molecule has 0 radical (unpaired) electrons. The van der Waals surface area contributed by atoms with E-state index in [2.05, 4.69) is 24.4 Å². The van der Waals surface area contributed by atoms with Crippen LogP contribution in [0.15, 0.2) is 53.4 Å². The Morgan fingerprint density at radius 2 is 1.48 bits per heavy atom. The number of rotatable bonds is 9. The number of aryl methyl sites for hydroxylation is 2. The third-order valence-corrected chi connectivity index (χ3v) is 6.23. The molecule has 1 amide bonds. The van der Waals surface area contributed by atoms with Crippen LogP contribution in [-0.2, 0) is 27.7 Å². The van der Waals surface area contributed by atoms with Gasteiger partial charge < -0.3 is 5.32 Å². The number of unbranched alkanes of at least 4 members (excludes halogenated alkanes) is 1. The molecule has 0 bridgehead atoms. The van der Waals surface area contributed by atoms with E-state index in [1.807, 2.05) is 12.1 Å². The Morgan fingerprint density at radius 3 is 2.04 bits per heavy atom. The van der Waals surface area contributed by atoms with Gasteiger partial charge in [-0.1, -0.05) is 37.6 Å². The van der Waals surface area contributed by atoms with E-state index < -0.39 is 10.0 Å². The highest BCUT2D eigenvalue weighted by molar-refractivity contribution is 7.89. The number of carbonyl (C=O) groups is 1. The lowest BCUT2D eigenvalue weighted by atomic mass is 10.1. The molecule has 6 heteroatoms. The van der Waals surface area contributed by atoms with Crippen molar-refractivity contribution in [2.24, 2.45) is 0 Å². The molecule has 0 aliphatic heterocycles. The summed E-state index contributed by atoms with van der Waals surface area (Å²) in [4.78, 5) is 12.4. The number of amides is 1. The quantitative estimate of drug-likeness (QED) is 0.709. The first-order valence-corrected chi connectivity index (χ1v) is 10.7. The average Bonchev–Trinajstić information content (AvgIpc) is 2.66. The van der Waals surface area contributed by atoms with Gasteiger partial charge in [0.25, 0.3) is 0 Å². The monoisotopic (exact) mass is 388 g/mol. The van der Waals surface area contributed by atoms with Gasteiger partial charge in [-0.3, -0.25) is 4.79 Å². The largest absolute Gasteiger partial charge is 0.326 e. The van der Waals surface area contributed by atoms with Crippen LogP contribution in [0.3, 0.4) is 0 Å². The highest BCUT2D eigenvalue weighted by atomic mass is 32.2. The normalized spacial score (nSPS) is 11.6. The molecule has 5 nitrogen and oxygen atoms in total. The molecule has 0 aliphatic rings. The Balaban J connectivity index is 1.86. The molecule has 0 aliphatic carbocycles. The van der Waals surface area contributed by atoms with Gasteiger partial charge >= 0.3 is 0 Å². The van der Waals surface area contributed by atoms with Crippen molar-refractivity contribution < 1.29 is 13.2 Å². The Morgan fingerprint density at radius 1 is 0.926 bits per heavy atom. The molecule has 0 saturated heterocycles. The van der Waals surface area contributed by atoms with Gasteiger partial charge in [-0.15, -0.1) is 0 Å². The molecule has 0 aromatic heterocycles. The second-order valence-corrected chi connectivity index (χ2v) is 8.93. The topological polar surface area (TPSA) is 66.5 Å². The van der Waals surface area contributed by atoms with E-state index in [4.69, 9.17) is 0 Å². The van der Waals surface area contributed by atoms with Crippen LogP contribution in [0.5, 0.6) is 0 Å². The molecule has 0 fully saturated rings. The van der Waals surface area contributed by atoms with Crippen LogP contribution >= 0.6 is 0 Å². The molecule has 0 atom stereocenters. The van der Waals surface area contributed by atoms with Crippen molar-refractivity contribution in [2.45, 2.75) is 43.9 Å². The Bertz CT molecular complexity index is 842. The van der Waals surface area contributed by atoms with Gasteiger partial charge in [-0.25, -0.2) is 12.7 Å². The van der Waals surface area contributed by atoms with E-state index in [1.54, 1.807) is 24.3 Å². The minimum atomic E-state index is -3.42. The standard InChI is InChI=1S/C21H28N2O3S/c1-4-5-6-17-7-12-19(13-8-17)22-21(24)16-11-18-9-14-20(15-10-18)27(25,26)23(2)3/h7-10,12-15H,4-6,11,16H2,1-3H3,(H,22,24). The lowest BCUT2D eigenvalue weighted by Gasteiger charge is -2.11. The number of hydrogen-bond donors (Lipinski definition) is 1. The zero-order chi connectivity index (χ0) is 19.9. The van der Waals surface area contributed by atoms with Crippen molar-refractivity contribution in [2.75, 3.05) is 19.4 Å².